The molecule has 4 rings (SSSR count). The Morgan fingerprint density at radius 3 is 2.79 bits per heavy atom. The molecule has 28 heavy (non-hydrogen) atoms. The van der Waals surface area contributed by atoms with E-state index < -0.39 is 0 Å². The molecule has 1 unspecified atom stereocenters. The number of aromatic nitrogens is 2. The van der Waals surface area contributed by atoms with Gasteiger partial charge in [-0.2, -0.15) is 0 Å². The Hall–Kier alpha value is -2.73. The lowest BCUT2D eigenvalue weighted by molar-refractivity contribution is 0.103. The van der Waals surface area contributed by atoms with E-state index in [0.29, 0.717) is 21.6 Å². The van der Waals surface area contributed by atoms with Crippen LogP contribution in [0.4, 0.5) is 11.6 Å². The minimum atomic E-state index is -0.218. The van der Waals surface area contributed by atoms with Crippen LogP contribution in [0.3, 0.4) is 0 Å². The summed E-state index contributed by atoms with van der Waals surface area (Å²) >= 11 is 3.34. The molecule has 1 saturated heterocycles. The van der Waals surface area contributed by atoms with Gasteiger partial charge in [0.25, 0.3) is 0 Å². The van der Waals surface area contributed by atoms with Crippen LogP contribution >= 0.6 is 15.9 Å². The third-order valence-electron chi connectivity index (χ3n) is 5.11. The molecule has 5 nitrogen and oxygen atoms in total. The molecule has 0 saturated carbocycles. The first kappa shape index (κ1) is 18.6. The zero-order valence-corrected chi connectivity index (χ0v) is 17.0. The summed E-state index contributed by atoms with van der Waals surface area (Å²) in [5.41, 5.74) is 8.00. The van der Waals surface area contributed by atoms with Gasteiger partial charge in [-0.1, -0.05) is 36.4 Å². The first-order chi connectivity index (χ1) is 13.6. The summed E-state index contributed by atoms with van der Waals surface area (Å²) in [6.45, 7) is 1.84. The highest BCUT2D eigenvalue weighted by Gasteiger charge is 2.23. The minimum absolute atomic E-state index is 0.211. The van der Waals surface area contributed by atoms with Crippen molar-refractivity contribution in [1.82, 2.24) is 9.97 Å². The Bertz CT molecular complexity index is 993. The molecule has 3 heterocycles. The Morgan fingerprint density at radius 2 is 1.96 bits per heavy atom. The van der Waals surface area contributed by atoms with Crippen molar-refractivity contribution in [3.63, 3.8) is 0 Å². The van der Waals surface area contributed by atoms with E-state index in [0.717, 1.165) is 25.3 Å². The molecule has 0 spiro atoms. The van der Waals surface area contributed by atoms with Gasteiger partial charge in [-0.3, -0.25) is 4.79 Å². The fourth-order valence-electron chi connectivity index (χ4n) is 3.68. The Balaban J connectivity index is 1.58. The van der Waals surface area contributed by atoms with Crippen LogP contribution in [0.15, 0.2) is 65.3 Å². The monoisotopic (exact) mass is 436 g/mol. The van der Waals surface area contributed by atoms with Crippen LogP contribution in [0.2, 0.25) is 0 Å². The van der Waals surface area contributed by atoms with Gasteiger partial charge in [0.05, 0.1) is 5.56 Å². The number of anilines is 2. The molecule has 0 bridgehead atoms. The van der Waals surface area contributed by atoms with E-state index in [1.54, 1.807) is 18.3 Å². The van der Waals surface area contributed by atoms with Crippen LogP contribution in [0.5, 0.6) is 0 Å². The highest BCUT2D eigenvalue weighted by Crippen LogP contribution is 2.29. The van der Waals surface area contributed by atoms with E-state index in [2.05, 4.69) is 55.1 Å². The van der Waals surface area contributed by atoms with Crippen molar-refractivity contribution in [2.24, 2.45) is 0 Å². The van der Waals surface area contributed by atoms with E-state index in [-0.39, 0.29) is 11.6 Å². The predicted octanol–water partition coefficient (Wildman–Crippen LogP) is 4.44. The first-order valence-corrected chi connectivity index (χ1v) is 10.1. The summed E-state index contributed by atoms with van der Waals surface area (Å²) in [7, 11) is 0. The smallest absolute Gasteiger partial charge is 0.215 e. The maximum atomic E-state index is 12.9. The maximum Gasteiger partial charge on any atom is 0.215 e. The standard InChI is InChI=1S/C22H21BrN4O/c23-17-12-18(22(24)25-13-17)21(28)19-9-4-10-20(26-19)27-11-5-8-16(14-27)15-6-2-1-3-7-15/h1-4,6-7,9-10,12-13,16H,5,8,11,14H2,(H2,24,25). The lowest BCUT2D eigenvalue weighted by Crippen LogP contribution is -2.35. The largest absolute Gasteiger partial charge is 0.383 e. The van der Waals surface area contributed by atoms with E-state index >= 15 is 0 Å². The number of halogens is 1. The van der Waals surface area contributed by atoms with Crippen LogP contribution in [-0.4, -0.2) is 28.8 Å². The molecule has 2 N–H and O–H groups in total. The van der Waals surface area contributed by atoms with Gasteiger partial charge in [-0.25, -0.2) is 9.97 Å². The number of hydrogen-bond donors (Lipinski definition) is 1. The first-order valence-electron chi connectivity index (χ1n) is 9.34. The fraction of sp³-hybridized carbons (Fsp3) is 0.227. The normalized spacial score (nSPS) is 16.8. The van der Waals surface area contributed by atoms with Gasteiger partial charge >= 0.3 is 0 Å². The van der Waals surface area contributed by atoms with Crippen LogP contribution in [0, 0.1) is 0 Å². The molecule has 3 aromatic rings. The number of carbonyl (C=O) groups is 1. The molecule has 1 aromatic carbocycles. The van der Waals surface area contributed by atoms with Crippen molar-refractivity contribution in [2.75, 3.05) is 23.7 Å². The molecular weight excluding hydrogens is 416 g/mol. The lowest BCUT2D eigenvalue weighted by atomic mass is 9.91. The van der Waals surface area contributed by atoms with Crippen molar-refractivity contribution >= 4 is 33.3 Å². The van der Waals surface area contributed by atoms with Crippen LogP contribution in [0.1, 0.15) is 40.4 Å². The summed E-state index contributed by atoms with van der Waals surface area (Å²) in [6.07, 6.45) is 3.84. The Morgan fingerprint density at radius 1 is 1.14 bits per heavy atom. The number of nitrogens with two attached hydrogens (primary N) is 1. The Kier molecular flexibility index (Phi) is 5.39. The fourth-order valence-corrected chi connectivity index (χ4v) is 4.01. The average molecular weight is 437 g/mol. The number of rotatable bonds is 4. The molecular formula is C22H21BrN4O. The quantitative estimate of drug-likeness (QED) is 0.612. The number of nitrogen functional groups attached to an aromatic ring is 1. The zero-order valence-electron chi connectivity index (χ0n) is 15.4. The van der Waals surface area contributed by atoms with Gasteiger partial charge in [0, 0.05) is 29.7 Å². The number of nitrogens with zero attached hydrogens (tertiary/aromatic N) is 3. The number of hydrogen-bond acceptors (Lipinski definition) is 5. The summed E-state index contributed by atoms with van der Waals surface area (Å²) in [6, 6.07) is 17.8. The van der Waals surface area contributed by atoms with Gasteiger partial charge in [-0.05, 0) is 52.5 Å². The second-order valence-electron chi connectivity index (χ2n) is 6.99. The van der Waals surface area contributed by atoms with Gasteiger partial charge in [0.1, 0.15) is 17.3 Å². The number of pyridine rings is 2. The van der Waals surface area contributed by atoms with E-state index in [9.17, 15) is 4.79 Å². The van der Waals surface area contributed by atoms with Crippen LogP contribution in [0.25, 0.3) is 0 Å². The van der Waals surface area contributed by atoms with Gasteiger partial charge in [0.15, 0.2) is 0 Å². The molecule has 1 fully saturated rings. The molecule has 1 atom stereocenters. The average Bonchev–Trinajstić information content (AvgIpc) is 2.76. The molecule has 1 aliphatic rings. The number of ketones is 1. The van der Waals surface area contributed by atoms with E-state index in [1.165, 1.54) is 12.0 Å². The topological polar surface area (TPSA) is 72.1 Å². The SMILES string of the molecule is Nc1ncc(Br)cc1C(=O)c1cccc(N2CCCC(c3ccccc3)C2)n1. The van der Waals surface area contributed by atoms with Crippen molar-refractivity contribution in [3.05, 3.63) is 82.1 Å². The van der Waals surface area contributed by atoms with Crippen molar-refractivity contribution in [2.45, 2.75) is 18.8 Å². The molecule has 142 valence electrons. The van der Waals surface area contributed by atoms with Crippen LogP contribution in [-0.2, 0) is 0 Å². The summed E-state index contributed by atoms with van der Waals surface area (Å²) in [5.74, 6) is 1.29. The van der Waals surface area contributed by atoms with Gasteiger partial charge in [-0.15, -0.1) is 0 Å². The van der Waals surface area contributed by atoms with Crippen molar-refractivity contribution < 1.29 is 4.79 Å². The summed E-state index contributed by atoms with van der Waals surface area (Å²) in [5, 5.41) is 0. The molecule has 0 radical (unpaired) electrons. The van der Waals surface area contributed by atoms with Crippen molar-refractivity contribution in [1.29, 1.82) is 0 Å². The third-order valence-corrected chi connectivity index (χ3v) is 5.55. The highest BCUT2D eigenvalue weighted by molar-refractivity contribution is 9.10. The predicted molar refractivity (Wildman–Crippen MR) is 115 cm³/mol. The molecule has 6 heteroatoms. The number of benzene rings is 1. The zero-order chi connectivity index (χ0) is 19.5. The highest BCUT2D eigenvalue weighted by atomic mass is 79.9. The Labute approximate surface area is 172 Å². The number of piperidine rings is 1. The second-order valence-corrected chi connectivity index (χ2v) is 7.91. The van der Waals surface area contributed by atoms with Gasteiger partial charge < -0.3 is 10.6 Å². The third kappa shape index (κ3) is 3.92. The van der Waals surface area contributed by atoms with E-state index in [4.69, 9.17) is 5.73 Å². The maximum absolute atomic E-state index is 12.9. The minimum Gasteiger partial charge on any atom is -0.383 e. The molecule has 2 aromatic heterocycles. The molecule has 0 amide bonds. The number of carbonyl (C=O) groups excluding carboxylic acids is 1. The lowest BCUT2D eigenvalue weighted by Gasteiger charge is -2.34. The summed E-state index contributed by atoms with van der Waals surface area (Å²) in [4.78, 5) is 23.9. The van der Waals surface area contributed by atoms with E-state index in [1.807, 2.05) is 18.2 Å². The van der Waals surface area contributed by atoms with Crippen molar-refractivity contribution in [3.8, 4) is 0 Å². The summed E-state index contributed by atoms with van der Waals surface area (Å²) < 4.78 is 0.711. The van der Waals surface area contributed by atoms with Crippen LogP contribution < -0.4 is 10.6 Å². The molecule has 1 aliphatic heterocycles. The second kappa shape index (κ2) is 8.10. The molecule has 0 aliphatic carbocycles. The van der Waals surface area contributed by atoms with Gasteiger partial charge in [0.2, 0.25) is 5.78 Å².